The van der Waals surface area contributed by atoms with Gasteiger partial charge in [-0.15, -0.1) is 0 Å². The molecule has 0 unspecified atom stereocenters. The Morgan fingerprint density at radius 2 is 0.740 bits per heavy atom. The lowest BCUT2D eigenvalue weighted by molar-refractivity contribution is 1.16. The van der Waals surface area contributed by atoms with Crippen molar-refractivity contribution in [2.45, 2.75) is 34.6 Å². The zero-order valence-electron chi connectivity index (χ0n) is 43.7. The van der Waals surface area contributed by atoms with Crippen LogP contribution in [0.2, 0.25) is 0 Å². The Bertz CT molecular complexity index is 4450. The quantitative estimate of drug-likeness (QED) is 0.140. The lowest BCUT2D eigenvalue weighted by Gasteiger charge is -2.21. The van der Waals surface area contributed by atoms with Gasteiger partial charge in [0.2, 0.25) is 0 Å². The van der Waals surface area contributed by atoms with E-state index in [1.165, 1.54) is 44.5 Å². The van der Waals surface area contributed by atoms with Crippen molar-refractivity contribution in [2.24, 2.45) is 0 Å². The van der Waals surface area contributed by atoms with Crippen molar-refractivity contribution in [1.82, 2.24) is 9.13 Å². The van der Waals surface area contributed by atoms with E-state index in [1.807, 2.05) is 24.3 Å². The van der Waals surface area contributed by atoms with Crippen molar-refractivity contribution < 1.29 is 0 Å². The maximum atomic E-state index is 9.93. The Morgan fingerprint density at radius 3 is 1.13 bits per heavy atom. The van der Waals surface area contributed by atoms with Crippen LogP contribution < -0.4 is 0 Å². The fourth-order valence-corrected chi connectivity index (χ4v) is 11.8. The van der Waals surface area contributed by atoms with Crippen LogP contribution in [-0.4, -0.2) is 9.13 Å². The molecular weight excluding hydrogens is 933 g/mol. The highest BCUT2D eigenvalue weighted by molar-refractivity contribution is 6.14. The van der Waals surface area contributed by atoms with E-state index in [0.29, 0.717) is 11.3 Å². The van der Waals surface area contributed by atoms with Gasteiger partial charge in [0.15, 0.2) is 5.69 Å². The third-order valence-electron chi connectivity index (χ3n) is 15.5. The fourth-order valence-electron chi connectivity index (χ4n) is 11.8. The van der Waals surface area contributed by atoms with E-state index in [4.69, 9.17) is 6.57 Å². The van der Waals surface area contributed by atoms with Crippen LogP contribution in [0.15, 0.2) is 224 Å². The largest absolute Gasteiger partial charge is 0.310 e. The van der Waals surface area contributed by atoms with Crippen LogP contribution in [0, 0.1) is 52.5 Å². The standard InChI is InChI=1S/C73H52N4/c1-45-12-7-16-51(34-45)55-23-29-67-61(39-55)62-40-56(52-17-8-13-46(2)35-52)24-30-68(62)76(67)71-33-27-59(60-28-22-50(44-74)38-49(60)5)43-65(71)73-66(75-6)20-11-21-72(73)77-69-31-25-57(53-18-9-14-47(3)36-53)41-63(69)64-42-58(26-32-70(64)77)54-19-10-15-48(4)37-54/h7-43H,1-5H3. The molecule has 13 rings (SSSR count). The summed E-state index contributed by atoms with van der Waals surface area (Å²) in [6.07, 6.45) is 0. The second kappa shape index (κ2) is 18.7. The van der Waals surface area contributed by atoms with E-state index in [-0.39, 0.29) is 0 Å². The van der Waals surface area contributed by atoms with Crippen molar-refractivity contribution in [2.75, 3.05) is 0 Å². The van der Waals surface area contributed by atoms with Crippen LogP contribution in [0.1, 0.15) is 33.4 Å². The van der Waals surface area contributed by atoms with Gasteiger partial charge in [0.1, 0.15) is 0 Å². The monoisotopic (exact) mass is 984 g/mol. The number of hydrogen-bond acceptors (Lipinski definition) is 1. The summed E-state index contributed by atoms with van der Waals surface area (Å²) in [5.41, 5.74) is 26.1. The van der Waals surface area contributed by atoms with Crippen LogP contribution in [0.25, 0.3) is 127 Å². The highest BCUT2D eigenvalue weighted by Crippen LogP contribution is 2.48. The van der Waals surface area contributed by atoms with E-state index >= 15 is 0 Å². The minimum absolute atomic E-state index is 0.546. The van der Waals surface area contributed by atoms with E-state index in [1.54, 1.807) is 0 Å². The number of nitriles is 1. The molecule has 4 heteroatoms. The SMILES string of the molecule is [C-]#[N+]c1cccc(-n2c3ccc(-c4cccc(C)c4)cc3c3cc(-c4cccc(C)c4)ccc32)c1-c1cc(-c2ccc(C#N)cc2C)ccc1-n1c2ccc(-c3cccc(C)c3)cc2c2cc(-c3cccc(C)c3)ccc21. The Hall–Kier alpha value is -10.0. The van der Waals surface area contributed by atoms with Gasteiger partial charge >= 0.3 is 0 Å². The summed E-state index contributed by atoms with van der Waals surface area (Å²) >= 11 is 0. The van der Waals surface area contributed by atoms with Crippen LogP contribution in [0.5, 0.6) is 0 Å². The zero-order chi connectivity index (χ0) is 52.5. The van der Waals surface area contributed by atoms with Crippen molar-refractivity contribution in [3.05, 3.63) is 269 Å². The van der Waals surface area contributed by atoms with Crippen LogP contribution >= 0.6 is 0 Å². The highest BCUT2D eigenvalue weighted by Gasteiger charge is 2.25. The van der Waals surface area contributed by atoms with Crippen molar-refractivity contribution in [3.8, 4) is 84.2 Å². The van der Waals surface area contributed by atoms with Gasteiger partial charge in [0, 0.05) is 32.8 Å². The van der Waals surface area contributed by atoms with E-state index in [0.717, 1.165) is 105 Å². The molecule has 4 nitrogen and oxygen atoms in total. The predicted molar refractivity (Wildman–Crippen MR) is 322 cm³/mol. The molecule has 11 aromatic carbocycles. The van der Waals surface area contributed by atoms with Gasteiger partial charge in [-0.25, -0.2) is 4.85 Å². The first kappa shape index (κ1) is 46.8. The minimum Gasteiger partial charge on any atom is -0.310 e. The average molecular weight is 985 g/mol. The number of nitrogens with zero attached hydrogens (tertiary/aromatic N) is 4. The second-order valence-electron chi connectivity index (χ2n) is 20.7. The first-order valence-electron chi connectivity index (χ1n) is 26.2. The number of fused-ring (bicyclic) bond motifs is 6. The molecule has 0 spiro atoms. The summed E-state index contributed by atoms with van der Waals surface area (Å²) in [7, 11) is 0. The molecule has 0 fully saturated rings. The lowest BCUT2D eigenvalue weighted by atomic mass is 9.92. The van der Waals surface area contributed by atoms with Gasteiger partial charge < -0.3 is 9.13 Å². The molecule has 0 atom stereocenters. The molecule has 0 aliphatic carbocycles. The van der Waals surface area contributed by atoms with Crippen molar-refractivity contribution >= 4 is 49.3 Å². The molecule has 77 heavy (non-hydrogen) atoms. The first-order chi connectivity index (χ1) is 37.6. The van der Waals surface area contributed by atoms with Gasteiger partial charge in [-0.2, -0.15) is 5.26 Å². The first-order valence-corrected chi connectivity index (χ1v) is 26.2. The third-order valence-corrected chi connectivity index (χ3v) is 15.5. The number of hydrogen-bond donors (Lipinski definition) is 0. The Kier molecular flexibility index (Phi) is 11.4. The summed E-state index contributed by atoms with van der Waals surface area (Å²) in [4.78, 5) is 4.39. The molecule has 364 valence electrons. The number of aryl methyl sites for hydroxylation is 5. The van der Waals surface area contributed by atoms with Crippen LogP contribution in [-0.2, 0) is 0 Å². The Balaban J connectivity index is 1.12. The molecular formula is C73H52N4. The predicted octanol–water partition coefficient (Wildman–Crippen LogP) is 19.8. The molecule has 0 aliphatic rings. The summed E-state index contributed by atoms with van der Waals surface area (Å²) in [6, 6.07) is 83.4. The number of rotatable bonds is 8. The maximum absolute atomic E-state index is 9.93. The van der Waals surface area contributed by atoms with Crippen molar-refractivity contribution in [3.63, 3.8) is 0 Å². The van der Waals surface area contributed by atoms with Gasteiger partial charge in [-0.05, 0) is 180 Å². The molecule has 0 bridgehead atoms. The second-order valence-corrected chi connectivity index (χ2v) is 20.7. The van der Waals surface area contributed by atoms with E-state index in [2.05, 4.69) is 255 Å². The molecule has 2 aromatic heterocycles. The molecule has 0 aliphatic heterocycles. The molecule has 2 heterocycles. The Labute approximate surface area is 449 Å². The van der Waals surface area contributed by atoms with Gasteiger partial charge in [0.25, 0.3) is 0 Å². The number of benzene rings is 11. The average Bonchev–Trinajstić information content (AvgIpc) is 4.20. The van der Waals surface area contributed by atoms with Gasteiger partial charge in [-0.3, -0.25) is 0 Å². The fraction of sp³-hybridized carbons (Fsp3) is 0.0685. The molecule has 0 amide bonds. The summed E-state index contributed by atoms with van der Waals surface area (Å²) in [5, 5.41) is 14.5. The highest BCUT2D eigenvalue weighted by atomic mass is 15.0. The topological polar surface area (TPSA) is 38.0 Å². The molecule has 0 saturated carbocycles. The van der Waals surface area contributed by atoms with Crippen molar-refractivity contribution in [1.29, 1.82) is 5.26 Å². The van der Waals surface area contributed by atoms with Crippen LogP contribution in [0.3, 0.4) is 0 Å². The molecule has 0 N–H and O–H groups in total. The normalized spacial score (nSPS) is 11.4. The Morgan fingerprint density at radius 1 is 0.351 bits per heavy atom. The minimum atomic E-state index is 0.546. The maximum Gasteiger partial charge on any atom is 0.197 e. The lowest BCUT2D eigenvalue weighted by Crippen LogP contribution is -2.02. The van der Waals surface area contributed by atoms with E-state index < -0.39 is 0 Å². The molecule has 13 aromatic rings. The smallest absolute Gasteiger partial charge is 0.197 e. The zero-order valence-corrected chi connectivity index (χ0v) is 43.7. The van der Waals surface area contributed by atoms with Gasteiger partial charge in [0.05, 0.1) is 46.0 Å². The molecule has 0 radical (unpaired) electrons. The summed E-state index contributed by atoms with van der Waals surface area (Å²) in [6.45, 7) is 19.6. The molecule has 0 saturated heterocycles. The summed E-state index contributed by atoms with van der Waals surface area (Å²) in [5.74, 6) is 0. The third kappa shape index (κ3) is 8.16. The summed E-state index contributed by atoms with van der Waals surface area (Å²) < 4.78 is 4.79. The van der Waals surface area contributed by atoms with E-state index in [9.17, 15) is 5.26 Å². The van der Waals surface area contributed by atoms with Crippen LogP contribution in [0.4, 0.5) is 5.69 Å². The number of aromatic nitrogens is 2. The van der Waals surface area contributed by atoms with Gasteiger partial charge in [-0.1, -0.05) is 168 Å².